The third-order valence-corrected chi connectivity index (χ3v) is 6.95. The Morgan fingerprint density at radius 3 is 2.45 bits per heavy atom. The molecule has 7 nitrogen and oxygen atoms in total. The summed E-state index contributed by atoms with van der Waals surface area (Å²) in [6.45, 7) is 6.55. The molecule has 1 aromatic carbocycles. The van der Waals surface area contributed by atoms with Gasteiger partial charge in [-0.2, -0.15) is 0 Å². The molecule has 0 unspecified atom stereocenters. The maximum atomic E-state index is 13.2. The number of aromatic amines is 1. The monoisotopic (exact) mass is 439 g/mol. The highest BCUT2D eigenvalue weighted by atomic mass is 35.5. The van der Waals surface area contributed by atoms with Crippen LogP contribution in [-0.4, -0.2) is 81.4 Å². The van der Waals surface area contributed by atoms with Crippen molar-refractivity contribution >= 4 is 34.3 Å². The zero-order chi connectivity index (χ0) is 21.7. The van der Waals surface area contributed by atoms with Crippen molar-refractivity contribution in [2.24, 2.45) is 7.05 Å². The Bertz CT molecular complexity index is 1140. The van der Waals surface area contributed by atoms with Crippen molar-refractivity contribution < 1.29 is 9.59 Å². The van der Waals surface area contributed by atoms with Gasteiger partial charge in [-0.05, 0) is 42.8 Å². The number of amides is 2. The first kappa shape index (κ1) is 20.2. The lowest BCUT2D eigenvalue weighted by Gasteiger charge is -2.48. The van der Waals surface area contributed by atoms with E-state index in [1.54, 1.807) is 6.20 Å². The number of nitrogens with zero attached hydrogens (tertiary/aromatic N) is 4. The molecule has 2 saturated heterocycles. The van der Waals surface area contributed by atoms with E-state index >= 15 is 0 Å². The highest BCUT2D eigenvalue weighted by molar-refractivity contribution is 6.31. The lowest BCUT2D eigenvalue weighted by molar-refractivity contribution is 0.00794. The van der Waals surface area contributed by atoms with Crippen LogP contribution in [0.3, 0.4) is 0 Å². The summed E-state index contributed by atoms with van der Waals surface area (Å²) in [7, 11) is 1.94. The molecular weight excluding hydrogens is 414 g/mol. The normalized spacial score (nSPS) is 17.9. The summed E-state index contributed by atoms with van der Waals surface area (Å²) in [6.07, 6.45) is 1.77. The number of likely N-dealkylation sites (tertiary alicyclic amines) is 1. The van der Waals surface area contributed by atoms with Gasteiger partial charge in [0, 0.05) is 74.5 Å². The quantitative estimate of drug-likeness (QED) is 0.682. The highest BCUT2D eigenvalue weighted by Gasteiger charge is 2.38. The number of carbonyl (C=O) groups is 2. The molecule has 0 spiro atoms. The second-order valence-corrected chi connectivity index (χ2v) is 8.91. The molecule has 2 fully saturated rings. The zero-order valence-corrected chi connectivity index (χ0v) is 18.5. The first-order valence-electron chi connectivity index (χ1n) is 10.6. The predicted octanol–water partition coefficient (Wildman–Crippen LogP) is 2.75. The minimum absolute atomic E-state index is 0.0569. The van der Waals surface area contributed by atoms with E-state index in [9.17, 15) is 9.59 Å². The van der Waals surface area contributed by atoms with E-state index in [0.29, 0.717) is 29.8 Å². The lowest BCUT2D eigenvalue weighted by Crippen LogP contribution is -2.64. The van der Waals surface area contributed by atoms with Gasteiger partial charge in [0.15, 0.2) is 0 Å². The van der Waals surface area contributed by atoms with Crippen LogP contribution in [0, 0.1) is 6.92 Å². The number of rotatable bonds is 3. The third-order valence-electron chi connectivity index (χ3n) is 6.71. The SMILES string of the molecule is Cc1c(C(=O)N2CC(N3CCN(C(=O)c4ccc[nH]4)CC3)C2)n(C)c2ccc(Cl)cc12. The van der Waals surface area contributed by atoms with Gasteiger partial charge in [0.1, 0.15) is 11.4 Å². The number of halogens is 1. The summed E-state index contributed by atoms with van der Waals surface area (Å²) < 4.78 is 1.97. The van der Waals surface area contributed by atoms with Crippen molar-refractivity contribution in [2.75, 3.05) is 39.3 Å². The largest absolute Gasteiger partial charge is 0.357 e. The molecule has 0 radical (unpaired) electrons. The first-order valence-corrected chi connectivity index (χ1v) is 11.0. The second-order valence-electron chi connectivity index (χ2n) is 8.47. The molecule has 162 valence electrons. The van der Waals surface area contributed by atoms with Gasteiger partial charge in [0.2, 0.25) is 0 Å². The molecule has 2 aromatic heterocycles. The maximum absolute atomic E-state index is 13.2. The van der Waals surface area contributed by atoms with Crippen LogP contribution in [0.4, 0.5) is 0 Å². The molecule has 0 bridgehead atoms. The lowest BCUT2D eigenvalue weighted by atomic mass is 10.0. The summed E-state index contributed by atoms with van der Waals surface area (Å²) in [5, 5.41) is 1.70. The van der Waals surface area contributed by atoms with Crippen LogP contribution in [0.15, 0.2) is 36.5 Å². The van der Waals surface area contributed by atoms with E-state index in [4.69, 9.17) is 11.6 Å². The zero-order valence-electron chi connectivity index (χ0n) is 17.8. The minimum Gasteiger partial charge on any atom is -0.357 e. The molecule has 31 heavy (non-hydrogen) atoms. The summed E-state index contributed by atoms with van der Waals surface area (Å²) in [5.41, 5.74) is 3.37. The molecule has 5 rings (SSSR count). The third kappa shape index (κ3) is 3.42. The predicted molar refractivity (Wildman–Crippen MR) is 121 cm³/mol. The fourth-order valence-electron chi connectivity index (χ4n) is 4.83. The summed E-state index contributed by atoms with van der Waals surface area (Å²) >= 11 is 6.16. The molecule has 8 heteroatoms. The second kappa shape index (κ2) is 7.73. The maximum Gasteiger partial charge on any atom is 0.270 e. The molecule has 4 heterocycles. The Hall–Kier alpha value is -2.77. The number of piperazine rings is 1. The van der Waals surface area contributed by atoms with E-state index < -0.39 is 0 Å². The number of carbonyl (C=O) groups excluding carboxylic acids is 2. The Morgan fingerprint density at radius 1 is 1.03 bits per heavy atom. The van der Waals surface area contributed by atoms with Gasteiger partial charge in [-0.25, -0.2) is 0 Å². The average molecular weight is 440 g/mol. The molecule has 0 aliphatic carbocycles. The van der Waals surface area contributed by atoms with Crippen LogP contribution in [0.25, 0.3) is 10.9 Å². The molecule has 2 aliphatic heterocycles. The molecular formula is C23H26ClN5O2. The van der Waals surface area contributed by atoms with E-state index in [1.807, 2.05) is 58.7 Å². The van der Waals surface area contributed by atoms with Crippen molar-refractivity contribution in [3.05, 3.63) is 58.5 Å². The van der Waals surface area contributed by atoms with Crippen LogP contribution in [0.1, 0.15) is 26.5 Å². The van der Waals surface area contributed by atoms with Crippen molar-refractivity contribution in [3.8, 4) is 0 Å². The Balaban J connectivity index is 1.20. The number of hydrogen-bond acceptors (Lipinski definition) is 3. The van der Waals surface area contributed by atoms with Crippen LogP contribution >= 0.6 is 11.6 Å². The van der Waals surface area contributed by atoms with Crippen molar-refractivity contribution in [2.45, 2.75) is 13.0 Å². The minimum atomic E-state index is 0.0569. The number of benzene rings is 1. The fraction of sp³-hybridized carbons (Fsp3) is 0.391. The molecule has 0 atom stereocenters. The van der Waals surface area contributed by atoms with Gasteiger partial charge in [-0.15, -0.1) is 0 Å². The molecule has 2 amide bonds. The average Bonchev–Trinajstić information content (AvgIpc) is 3.34. The van der Waals surface area contributed by atoms with Gasteiger partial charge in [-0.3, -0.25) is 14.5 Å². The van der Waals surface area contributed by atoms with Crippen LogP contribution in [-0.2, 0) is 7.05 Å². The van der Waals surface area contributed by atoms with E-state index in [1.165, 1.54) is 0 Å². The van der Waals surface area contributed by atoms with Gasteiger partial charge in [0.05, 0.1) is 0 Å². The molecule has 2 aliphatic rings. The van der Waals surface area contributed by atoms with E-state index in [0.717, 1.165) is 48.3 Å². The smallest absolute Gasteiger partial charge is 0.270 e. The van der Waals surface area contributed by atoms with Crippen LogP contribution in [0.2, 0.25) is 5.02 Å². The first-order chi connectivity index (χ1) is 14.9. The number of nitrogens with one attached hydrogen (secondary N) is 1. The standard InChI is InChI=1S/C23H26ClN5O2/c1-15-18-12-16(24)5-6-20(18)26(2)21(15)23(31)29-13-17(14-29)27-8-10-28(11-9-27)22(30)19-4-3-7-25-19/h3-7,12,17,25H,8-11,13-14H2,1-2H3. The number of aryl methyl sites for hydroxylation is 2. The Morgan fingerprint density at radius 2 is 1.77 bits per heavy atom. The van der Waals surface area contributed by atoms with E-state index in [2.05, 4.69) is 9.88 Å². The van der Waals surface area contributed by atoms with Crippen molar-refractivity contribution in [1.29, 1.82) is 0 Å². The van der Waals surface area contributed by atoms with E-state index in [-0.39, 0.29) is 11.8 Å². The van der Waals surface area contributed by atoms with Crippen molar-refractivity contribution in [1.82, 2.24) is 24.3 Å². The van der Waals surface area contributed by atoms with Gasteiger partial charge < -0.3 is 19.4 Å². The fourth-order valence-corrected chi connectivity index (χ4v) is 5.00. The van der Waals surface area contributed by atoms with Gasteiger partial charge in [-0.1, -0.05) is 11.6 Å². The summed E-state index contributed by atoms with van der Waals surface area (Å²) in [5.74, 6) is 0.130. The highest BCUT2D eigenvalue weighted by Crippen LogP contribution is 2.29. The topological polar surface area (TPSA) is 64.6 Å². The van der Waals surface area contributed by atoms with Gasteiger partial charge in [0.25, 0.3) is 11.8 Å². The molecule has 3 aromatic rings. The van der Waals surface area contributed by atoms with Crippen LogP contribution < -0.4 is 0 Å². The summed E-state index contributed by atoms with van der Waals surface area (Å²) in [4.78, 5) is 34.9. The number of fused-ring (bicyclic) bond motifs is 1. The Labute approximate surface area is 186 Å². The molecule has 0 saturated carbocycles. The number of aromatic nitrogens is 2. The Kier molecular flexibility index (Phi) is 5.02. The number of hydrogen-bond donors (Lipinski definition) is 1. The summed E-state index contributed by atoms with van der Waals surface area (Å²) in [6, 6.07) is 9.76. The number of H-pyrrole nitrogens is 1. The van der Waals surface area contributed by atoms with Crippen LogP contribution in [0.5, 0.6) is 0 Å². The van der Waals surface area contributed by atoms with Gasteiger partial charge >= 0.3 is 0 Å². The van der Waals surface area contributed by atoms with Crippen molar-refractivity contribution in [3.63, 3.8) is 0 Å². The molecule has 1 N–H and O–H groups in total.